The van der Waals surface area contributed by atoms with Crippen molar-refractivity contribution in [2.75, 3.05) is 31.1 Å². The van der Waals surface area contributed by atoms with Crippen molar-refractivity contribution in [3.8, 4) is 0 Å². The van der Waals surface area contributed by atoms with E-state index in [0.29, 0.717) is 0 Å². The molecule has 0 aliphatic carbocycles. The van der Waals surface area contributed by atoms with Gasteiger partial charge in [0.2, 0.25) is 0 Å². The van der Waals surface area contributed by atoms with Crippen LogP contribution in [0.5, 0.6) is 0 Å². The van der Waals surface area contributed by atoms with Crippen molar-refractivity contribution >= 4 is 51.2 Å². The normalized spacial score (nSPS) is 15.1. The van der Waals surface area contributed by atoms with E-state index in [4.69, 9.17) is 22.3 Å². The molecule has 2 aromatic carbocycles. The lowest BCUT2D eigenvalue weighted by atomic mass is 10.2. The standard InChI is InChI=1S/C22H24N6S3/c1-25-20(15-30-21-23-18-9-5-6-10-19(18)31-21)24-28(22(25)29)16-26-11-13-27(14-12-26)17-7-3-2-4-8-17/h2-10H,11-16H2,1H3. The highest BCUT2D eigenvalue weighted by Crippen LogP contribution is 2.31. The highest BCUT2D eigenvalue weighted by molar-refractivity contribution is 8.00. The van der Waals surface area contributed by atoms with Gasteiger partial charge in [0, 0.05) is 38.9 Å². The zero-order valence-electron chi connectivity index (χ0n) is 17.3. The molecule has 1 aliphatic heterocycles. The van der Waals surface area contributed by atoms with E-state index in [0.717, 1.165) is 59.1 Å². The number of fused-ring (bicyclic) bond motifs is 1. The van der Waals surface area contributed by atoms with Crippen molar-refractivity contribution in [1.82, 2.24) is 24.2 Å². The molecular weight excluding hydrogens is 444 g/mol. The fraction of sp³-hybridized carbons (Fsp3) is 0.318. The topological polar surface area (TPSA) is 42.1 Å². The van der Waals surface area contributed by atoms with E-state index in [2.05, 4.69) is 58.3 Å². The zero-order chi connectivity index (χ0) is 21.2. The summed E-state index contributed by atoms with van der Waals surface area (Å²) in [5, 5.41) is 4.83. The van der Waals surface area contributed by atoms with Crippen LogP contribution in [0.1, 0.15) is 5.82 Å². The molecule has 0 radical (unpaired) electrons. The largest absolute Gasteiger partial charge is 0.369 e. The van der Waals surface area contributed by atoms with Gasteiger partial charge in [-0.15, -0.1) is 11.3 Å². The molecule has 1 fully saturated rings. The highest BCUT2D eigenvalue weighted by Gasteiger charge is 2.19. The van der Waals surface area contributed by atoms with Crippen molar-refractivity contribution < 1.29 is 0 Å². The summed E-state index contributed by atoms with van der Waals surface area (Å²) in [5.41, 5.74) is 2.36. The Morgan fingerprint density at radius 1 is 1.00 bits per heavy atom. The summed E-state index contributed by atoms with van der Waals surface area (Å²) in [6.07, 6.45) is 0. The molecular formula is C22H24N6S3. The van der Waals surface area contributed by atoms with Crippen molar-refractivity contribution in [3.63, 3.8) is 0 Å². The molecule has 0 N–H and O–H groups in total. The third-order valence-corrected chi connectivity index (χ3v) is 8.22. The number of nitrogens with zero attached hydrogens (tertiary/aromatic N) is 6. The molecule has 0 spiro atoms. The minimum atomic E-state index is 0.737. The molecule has 1 aliphatic rings. The average Bonchev–Trinajstić information content (AvgIpc) is 3.35. The maximum atomic E-state index is 5.67. The molecule has 3 heterocycles. The summed E-state index contributed by atoms with van der Waals surface area (Å²) >= 11 is 9.12. The lowest BCUT2D eigenvalue weighted by Gasteiger charge is -2.35. The van der Waals surface area contributed by atoms with Crippen molar-refractivity contribution in [2.45, 2.75) is 16.8 Å². The maximum Gasteiger partial charge on any atom is 0.198 e. The Bertz CT molecular complexity index is 1190. The summed E-state index contributed by atoms with van der Waals surface area (Å²) in [7, 11) is 2.01. The first-order chi connectivity index (χ1) is 15.2. The first kappa shape index (κ1) is 20.7. The second kappa shape index (κ2) is 9.12. The lowest BCUT2D eigenvalue weighted by molar-refractivity contribution is 0.194. The molecule has 5 rings (SSSR count). The van der Waals surface area contributed by atoms with Crippen molar-refractivity contribution in [2.24, 2.45) is 7.05 Å². The van der Waals surface area contributed by atoms with Crippen LogP contribution in [0, 0.1) is 4.77 Å². The predicted molar refractivity (Wildman–Crippen MR) is 131 cm³/mol. The Morgan fingerprint density at radius 2 is 1.74 bits per heavy atom. The fourth-order valence-electron chi connectivity index (χ4n) is 3.77. The lowest BCUT2D eigenvalue weighted by Crippen LogP contribution is -2.47. The molecule has 1 saturated heterocycles. The first-order valence-electron chi connectivity index (χ1n) is 10.3. The van der Waals surface area contributed by atoms with Crippen LogP contribution in [0.25, 0.3) is 10.2 Å². The van der Waals surface area contributed by atoms with Gasteiger partial charge in [0.1, 0.15) is 5.82 Å². The highest BCUT2D eigenvalue weighted by atomic mass is 32.2. The van der Waals surface area contributed by atoms with Gasteiger partial charge in [-0.3, -0.25) is 4.90 Å². The molecule has 160 valence electrons. The van der Waals surface area contributed by atoms with Gasteiger partial charge in [-0.1, -0.05) is 42.1 Å². The van der Waals surface area contributed by atoms with Crippen molar-refractivity contribution in [3.05, 3.63) is 65.2 Å². The molecule has 4 aromatic rings. The number of aromatic nitrogens is 4. The summed E-state index contributed by atoms with van der Waals surface area (Å²) < 4.78 is 7.04. The van der Waals surface area contributed by atoms with Crippen LogP contribution >= 0.6 is 35.3 Å². The number of thioether (sulfide) groups is 1. The molecule has 2 aromatic heterocycles. The first-order valence-corrected chi connectivity index (χ1v) is 12.5. The van der Waals surface area contributed by atoms with E-state index in [9.17, 15) is 0 Å². The molecule has 0 bridgehead atoms. The Kier molecular flexibility index (Phi) is 6.08. The predicted octanol–water partition coefficient (Wildman–Crippen LogP) is 4.63. The van der Waals surface area contributed by atoms with Gasteiger partial charge in [0.15, 0.2) is 9.11 Å². The van der Waals surface area contributed by atoms with E-state index < -0.39 is 0 Å². The van der Waals surface area contributed by atoms with Crippen LogP contribution in [-0.4, -0.2) is 50.4 Å². The molecule has 0 saturated carbocycles. The van der Waals surface area contributed by atoms with Crippen molar-refractivity contribution in [1.29, 1.82) is 0 Å². The number of benzene rings is 2. The number of para-hydroxylation sites is 2. The number of rotatable bonds is 6. The summed E-state index contributed by atoms with van der Waals surface area (Å²) in [6.45, 7) is 4.78. The monoisotopic (exact) mass is 468 g/mol. The second-order valence-electron chi connectivity index (χ2n) is 7.58. The molecule has 0 atom stereocenters. The van der Waals surface area contributed by atoms with E-state index in [1.54, 1.807) is 23.1 Å². The smallest absolute Gasteiger partial charge is 0.198 e. The van der Waals surface area contributed by atoms with Gasteiger partial charge in [-0.2, -0.15) is 5.10 Å². The number of anilines is 1. The Labute approximate surface area is 195 Å². The number of hydrogen-bond donors (Lipinski definition) is 0. The molecule has 0 amide bonds. The van der Waals surface area contributed by atoms with Crippen LogP contribution in [0.4, 0.5) is 5.69 Å². The van der Waals surface area contributed by atoms with E-state index >= 15 is 0 Å². The third kappa shape index (κ3) is 4.55. The van der Waals surface area contributed by atoms with Crippen LogP contribution in [0.2, 0.25) is 0 Å². The van der Waals surface area contributed by atoms with Gasteiger partial charge in [0.05, 0.1) is 22.6 Å². The SMILES string of the molecule is Cn1c(CSc2nc3ccccc3s2)nn(CN2CCN(c3ccccc3)CC2)c1=S. The summed E-state index contributed by atoms with van der Waals surface area (Å²) in [5.74, 6) is 1.74. The van der Waals surface area contributed by atoms with E-state index in [1.165, 1.54) is 10.4 Å². The van der Waals surface area contributed by atoms with Crippen LogP contribution in [0.15, 0.2) is 58.9 Å². The Hall–Kier alpha value is -2.20. The number of piperazine rings is 1. The number of hydrogen-bond acceptors (Lipinski definition) is 7. The van der Waals surface area contributed by atoms with Crippen LogP contribution < -0.4 is 4.90 Å². The van der Waals surface area contributed by atoms with Gasteiger partial charge in [-0.05, 0) is 36.5 Å². The number of thiazole rings is 1. The molecule has 6 nitrogen and oxygen atoms in total. The average molecular weight is 469 g/mol. The molecule has 0 unspecified atom stereocenters. The summed E-state index contributed by atoms with van der Waals surface area (Å²) in [4.78, 5) is 9.57. The summed E-state index contributed by atoms with van der Waals surface area (Å²) in [6, 6.07) is 18.9. The maximum absolute atomic E-state index is 5.67. The molecule has 9 heteroatoms. The fourth-order valence-corrected chi connectivity index (χ4v) is 6.01. The van der Waals surface area contributed by atoms with E-state index in [-0.39, 0.29) is 0 Å². The van der Waals surface area contributed by atoms with Crippen LogP contribution in [0.3, 0.4) is 0 Å². The quantitative estimate of drug-likeness (QED) is 0.304. The molecule has 31 heavy (non-hydrogen) atoms. The minimum absolute atomic E-state index is 0.737. The Balaban J connectivity index is 1.21. The second-order valence-corrected chi connectivity index (χ2v) is 10.2. The van der Waals surface area contributed by atoms with Gasteiger partial charge in [-0.25, -0.2) is 9.67 Å². The third-order valence-electron chi connectivity index (χ3n) is 5.56. The minimum Gasteiger partial charge on any atom is -0.369 e. The Morgan fingerprint density at radius 3 is 2.52 bits per heavy atom. The zero-order valence-corrected chi connectivity index (χ0v) is 19.8. The van der Waals surface area contributed by atoms with Gasteiger partial charge < -0.3 is 9.47 Å². The van der Waals surface area contributed by atoms with E-state index in [1.807, 2.05) is 22.4 Å². The van der Waals surface area contributed by atoms with Gasteiger partial charge in [0.25, 0.3) is 0 Å². The van der Waals surface area contributed by atoms with Gasteiger partial charge >= 0.3 is 0 Å². The van der Waals surface area contributed by atoms with Crippen LogP contribution in [-0.2, 0) is 19.5 Å².